The van der Waals surface area contributed by atoms with E-state index >= 15 is 0 Å². The number of benzene rings is 2. The highest BCUT2D eigenvalue weighted by Gasteiger charge is 2.38. The molecule has 0 saturated heterocycles. The summed E-state index contributed by atoms with van der Waals surface area (Å²) in [5, 5.41) is 10.7. The van der Waals surface area contributed by atoms with E-state index in [-0.39, 0.29) is 0 Å². The van der Waals surface area contributed by atoms with Crippen molar-refractivity contribution in [2.75, 3.05) is 25.4 Å². The summed E-state index contributed by atoms with van der Waals surface area (Å²) in [6.07, 6.45) is 1.91. The van der Waals surface area contributed by atoms with Crippen LogP contribution in [0.15, 0.2) is 65.1 Å². The molecule has 0 aliphatic carbocycles. The van der Waals surface area contributed by atoms with Crippen LogP contribution in [-0.2, 0) is 6.54 Å². The Balaban J connectivity index is 1.94. The number of ether oxygens (including phenoxy) is 2. The Morgan fingerprint density at radius 1 is 1.06 bits per heavy atom. The molecule has 2 aromatic carbocycles. The third-order valence-corrected chi connectivity index (χ3v) is 6.22. The first-order valence-corrected chi connectivity index (χ1v) is 11.6. The largest absolute Gasteiger partial charge is 0.497 e. The molecule has 3 aromatic rings. The Labute approximate surface area is 197 Å². The maximum absolute atomic E-state index is 10.2. The maximum Gasteiger partial charge on any atom is 0.223 e. The normalized spacial score (nSPS) is 15.1. The van der Waals surface area contributed by atoms with Crippen molar-refractivity contribution in [2.45, 2.75) is 24.5 Å². The predicted octanol–water partition coefficient (Wildman–Crippen LogP) is 4.37. The van der Waals surface area contributed by atoms with Crippen LogP contribution in [0.25, 0.3) is 0 Å². The number of allylic oxidation sites excluding steroid dienone is 1. The van der Waals surface area contributed by atoms with Crippen LogP contribution < -0.4 is 20.1 Å². The third-order valence-electron chi connectivity index (χ3n) is 5.68. The first-order valence-electron chi connectivity index (χ1n) is 10.4. The fraction of sp³-hybridized carbons (Fsp3) is 0.240. The minimum absolute atomic E-state index is 0.374. The number of nitrogens with two attached hydrogens (primary N) is 1. The maximum atomic E-state index is 10.2. The molecule has 1 aliphatic heterocycles. The molecule has 0 saturated carbocycles. The summed E-state index contributed by atoms with van der Waals surface area (Å²) in [5.41, 5.74) is 10.9. The second-order valence-corrected chi connectivity index (χ2v) is 8.42. The summed E-state index contributed by atoms with van der Waals surface area (Å²) in [5.74, 6) is 1.71. The molecule has 33 heavy (non-hydrogen) atoms. The zero-order valence-electron chi connectivity index (χ0n) is 19.0. The van der Waals surface area contributed by atoms with Crippen LogP contribution >= 0.6 is 11.8 Å². The molecule has 1 atom stereocenters. The van der Waals surface area contributed by atoms with Crippen LogP contribution in [0, 0.1) is 18.3 Å². The molecule has 1 aliphatic rings. The van der Waals surface area contributed by atoms with E-state index in [2.05, 4.69) is 35.3 Å². The number of aromatic nitrogens is 2. The van der Waals surface area contributed by atoms with Gasteiger partial charge in [0.2, 0.25) is 5.88 Å². The Bertz CT molecular complexity index is 1230. The summed E-state index contributed by atoms with van der Waals surface area (Å²) in [4.78, 5) is 11.3. The summed E-state index contributed by atoms with van der Waals surface area (Å²) < 4.78 is 11.0. The smallest absolute Gasteiger partial charge is 0.223 e. The van der Waals surface area contributed by atoms with Crippen LogP contribution in [0.2, 0.25) is 0 Å². The molecule has 0 amide bonds. The topological polar surface area (TPSA) is 97.3 Å². The monoisotopic (exact) mass is 459 g/mol. The Morgan fingerprint density at radius 2 is 1.76 bits per heavy atom. The van der Waals surface area contributed by atoms with Gasteiger partial charge in [-0.2, -0.15) is 10.2 Å². The number of anilines is 1. The van der Waals surface area contributed by atoms with Gasteiger partial charge in [-0.05, 0) is 36.4 Å². The molecule has 168 valence electrons. The lowest BCUT2D eigenvalue weighted by Crippen LogP contribution is -2.36. The van der Waals surface area contributed by atoms with Crippen molar-refractivity contribution >= 4 is 17.6 Å². The fourth-order valence-electron chi connectivity index (χ4n) is 3.96. The van der Waals surface area contributed by atoms with Gasteiger partial charge in [0.05, 0.1) is 43.9 Å². The number of hydrogen-bond donors (Lipinski definition) is 1. The van der Waals surface area contributed by atoms with Crippen molar-refractivity contribution in [3.63, 3.8) is 0 Å². The predicted molar refractivity (Wildman–Crippen MR) is 129 cm³/mol. The zero-order valence-corrected chi connectivity index (χ0v) is 19.8. The van der Waals surface area contributed by atoms with Gasteiger partial charge in [-0.25, -0.2) is 4.98 Å². The van der Waals surface area contributed by atoms with Crippen molar-refractivity contribution in [1.82, 2.24) is 9.97 Å². The number of aryl methyl sites for hydroxylation is 1. The Hall–Kier alpha value is -3.70. The molecule has 0 spiro atoms. The van der Waals surface area contributed by atoms with Crippen LogP contribution in [-0.4, -0.2) is 30.4 Å². The zero-order chi connectivity index (χ0) is 23.5. The molecule has 0 fully saturated rings. The number of nitrogens with zero attached hydrogens (tertiary/aromatic N) is 4. The minimum Gasteiger partial charge on any atom is -0.497 e. The highest BCUT2D eigenvalue weighted by atomic mass is 32.2. The molecule has 1 aromatic heterocycles. The second-order valence-electron chi connectivity index (χ2n) is 7.65. The van der Waals surface area contributed by atoms with Crippen molar-refractivity contribution in [1.29, 1.82) is 5.26 Å². The van der Waals surface area contributed by atoms with E-state index in [1.165, 1.54) is 17.3 Å². The van der Waals surface area contributed by atoms with Crippen molar-refractivity contribution in [2.24, 2.45) is 5.73 Å². The number of hydrogen-bond acceptors (Lipinski definition) is 8. The summed E-state index contributed by atoms with van der Waals surface area (Å²) in [6, 6.07) is 18.1. The number of methoxy groups -OCH3 is 2. The van der Waals surface area contributed by atoms with E-state index < -0.39 is 5.92 Å². The summed E-state index contributed by atoms with van der Waals surface area (Å²) >= 11 is 1.42. The van der Waals surface area contributed by atoms with Crippen LogP contribution in [0.4, 0.5) is 5.82 Å². The quantitative estimate of drug-likeness (QED) is 0.429. The molecule has 2 heterocycles. The highest BCUT2D eigenvalue weighted by Crippen LogP contribution is 2.47. The van der Waals surface area contributed by atoms with E-state index in [4.69, 9.17) is 20.2 Å². The van der Waals surface area contributed by atoms with Crippen LogP contribution in [0.3, 0.4) is 0 Å². The van der Waals surface area contributed by atoms with Crippen molar-refractivity contribution < 1.29 is 9.47 Å². The summed E-state index contributed by atoms with van der Waals surface area (Å²) in [7, 11) is 3.20. The summed E-state index contributed by atoms with van der Waals surface area (Å²) in [6.45, 7) is 2.51. The molecule has 0 radical (unpaired) electrons. The molecule has 8 heteroatoms. The van der Waals surface area contributed by atoms with Crippen molar-refractivity contribution in [3.05, 3.63) is 82.2 Å². The standard InChI is InChI=1S/C25H25N5O2S/c1-15-5-7-16(8-6-15)14-30-22(27)19(13-26)20(17-9-11-18(31-2)12-10-17)21-23(30)28-25(33-4)29-24(21)32-3/h5-12,20H,14,27H2,1-4H3. The van der Waals surface area contributed by atoms with E-state index in [1.54, 1.807) is 14.2 Å². The number of thioether (sulfide) groups is 1. The van der Waals surface area contributed by atoms with Gasteiger partial charge >= 0.3 is 0 Å². The van der Waals surface area contributed by atoms with Gasteiger partial charge in [0.1, 0.15) is 17.4 Å². The number of fused-ring (bicyclic) bond motifs is 1. The lowest BCUT2D eigenvalue weighted by Gasteiger charge is -2.35. The van der Waals surface area contributed by atoms with Crippen LogP contribution in [0.1, 0.15) is 28.2 Å². The molecule has 1 unspecified atom stereocenters. The molecular formula is C25H25N5O2S. The third kappa shape index (κ3) is 4.20. The Kier molecular flexibility index (Phi) is 6.43. The van der Waals surface area contributed by atoms with E-state index in [0.29, 0.717) is 34.8 Å². The van der Waals surface area contributed by atoms with E-state index in [1.807, 2.05) is 42.3 Å². The molecule has 0 bridgehead atoms. The number of rotatable bonds is 6. The minimum atomic E-state index is -0.462. The van der Waals surface area contributed by atoms with Gasteiger partial charge in [0.15, 0.2) is 5.16 Å². The first-order chi connectivity index (χ1) is 16.0. The first kappa shape index (κ1) is 22.5. The van der Waals surface area contributed by atoms with Gasteiger partial charge in [-0.15, -0.1) is 0 Å². The lowest BCUT2D eigenvalue weighted by atomic mass is 9.83. The van der Waals surface area contributed by atoms with Crippen LogP contribution in [0.5, 0.6) is 11.6 Å². The van der Waals surface area contributed by atoms with Gasteiger partial charge in [0, 0.05) is 0 Å². The second kappa shape index (κ2) is 9.43. The van der Waals surface area contributed by atoms with Crippen molar-refractivity contribution in [3.8, 4) is 17.7 Å². The number of nitriles is 1. The van der Waals surface area contributed by atoms with Gasteiger partial charge in [-0.1, -0.05) is 53.7 Å². The average molecular weight is 460 g/mol. The Morgan fingerprint density at radius 3 is 2.33 bits per heavy atom. The molecule has 7 nitrogen and oxygen atoms in total. The van der Waals surface area contributed by atoms with Gasteiger partial charge in [0.25, 0.3) is 0 Å². The van der Waals surface area contributed by atoms with Gasteiger partial charge in [-0.3, -0.25) is 0 Å². The average Bonchev–Trinajstić information content (AvgIpc) is 2.85. The lowest BCUT2D eigenvalue weighted by molar-refractivity contribution is 0.385. The molecule has 2 N–H and O–H groups in total. The van der Waals surface area contributed by atoms with E-state index in [9.17, 15) is 5.26 Å². The van der Waals surface area contributed by atoms with Gasteiger partial charge < -0.3 is 20.1 Å². The van der Waals surface area contributed by atoms with E-state index in [0.717, 1.165) is 22.4 Å². The SMILES string of the molecule is COc1ccc(C2C(C#N)=C(N)N(Cc3ccc(C)cc3)c3nc(SC)nc(OC)c32)cc1. The highest BCUT2D eigenvalue weighted by molar-refractivity contribution is 7.98. The molecular weight excluding hydrogens is 434 g/mol. The molecule has 4 rings (SSSR count). The fourth-order valence-corrected chi connectivity index (χ4v) is 4.32.